The van der Waals surface area contributed by atoms with E-state index in [-0.39, 0.29) is 23.7 Å². The Labute approximate surface area is 175 Å². The Balaban J connectivity index is 1.35. The molecule has 3 aromatic rings. The second kappa shape index (κ2) is 7.13. The summed E-state index contributed by atoms with van der Waals surface area (Å²) < 4.78 is 0. The first-order chi connectivity index (χ1) is 14.5. The maximum atomic E-state index is 13.2. The number of para-hydroxylation sites is 1. The number of anilines is 1. The van der Waals surface area contributed by atoms with Gasteiger partial charge in [0.2, 0.25) is 5.91 Å². The van der Waals surface area contributed by atoms with Crippen molar-refractivity contribution in [2.24, 2.45) is 11.8 Å². The van der Waals surface area contributed by atoms with E-state index in [2.05, 4.69) is 28.5 Å². The van der Waals surface area contributed by atoms with Gasteiger partial charge in [0.1, 0.15) is 11.7 Å². The second-order valence-corrected chi connectivity index (χ2v) is 8.31. The highest BCUT2D eigenvalue weighted by Crippen LogP contribution is 2.59. The molecule has 2 N–H and O–H groups in total. The number of fused-ring (bicyclic) bond motifs is 3. The number of carbonyl (C=O) groups is 2. The van der Waals surface area contributed by atoms with Gasteiger partial charge in [-0.1, -0.05) is 55.5 Å². The first kappa shape index (κ1) is 18.6. The zero-order chi connectivity index (χ0) is 20.8. The van der Waals surface area contributed by atoms with Gasteiger partial charge in [-0.05, 0) is 41.0 Å². The molecule has 1 aliphatic heterocycles. The number of amides is 2. The van der Waals surface area contributed by atoms with Crippen LogP contribution in [0.1, 0.15) is 40.2 Å². The predicted molar refractivity (Wildman–Crippen MR) is 114 cm³/mol. The van der Waals surface area contributed by atoms with Crippen molar-refractivity contribution in [3.8, 4) is 0 Å². The summed E-state index contributed by atoms with van der Waals surface area (Å²) in [5, 5.41) is 10.1. The zero-order valence-corrected chi connectivity index (χ0v) is 17.0. The minimum atomic E-state index is -0.552. The predicted octanol–water partition coefficient (Wildman–Crippen LogP) is 3.13. The van der Waals surface area contributed by atoms with Crippen LogP contribution in [0.2, 0.25) is 0 Å². The molecule has 0 bridgehead atoms. The molecule has 0 spiro atoms. The van der Waals surface area contributed by atoms with E-state index in [1.165, 1.54) is 5.56 Å². The SMILES string of the molecule is C[C@H]1C2c3ccccc3N(C)C(=O)[C@@H](NC(=O)c3cc(Cc4ccccc4)[nH]n3)C21. The van der Waals surface area contributed by atoms with Crippen LogP contribution in [0.15, 0.2) is 60.7 Å². The number of nitrogens with one attached hydrogen (secondary N) is 2. The maximum Gasteiger partial charge on any atom is 0.272 e. The lowest BCUT2D eigenvalue weighted by atomic mass is 10.1. The summed E-state index contributed by atoms with van der Waals surface area (Å²) in [5.74, 6) is 0.347. The van der Waals surface area contributed by atoms with Crippen molar-refractivity contribution in [1.29, 1.82) is 0 Å². The molecular formula is C24H24N4O2. The Hall–Kier alpha value is -3.41. The van der Waals surface area contributed by atoms with E-state index < -0.39 is 6.04 Å². The van der Waals surface area contributed by atoms with Gasteiger partial charge in [-0.2, -0.15) is 5.10 Å². The van der Waals surface area contributed by atoms with Crippen molar-refractivity contribution >= 4 is 17.5 Å². The summed E-state index contributed by atoms with van der Waals surface area (Å²) in [6.07, 6.45) is 0.670. The van der Waals surface area contributed by atoms with Crippen molar-refractivity contribution in [3.05, 3.63) is 83.2 Å². The number of nitrogens with zero attached hydrogens (tertiary/aromatic N) is 2. The lowest BCUT2D eigenvalue weighted by molar-refractivity contribution is -0.120. The number of carbonyl (C=O) groups excluding carboxylic acids is 2. The van der Waals surface area contributed by atoms with E-state index in [1.54, 1.807) is 18.0 Å². The summed E-state index contributed by atoms with van der Waals surface area (Å²) in [6.45, 7) is 2.15. The van der Waals surface area contributed by atoms with Crippen LogP contribution >= 0.6 is 0 Å². The molecule has 152 valence electrons. The fraction of sp³-hybridized carbons (Fsp3) is 0.292. The quantitative estimate of drug-likeness (QED) is 0.706. The zero-order valence-electron chi connectivity index (χ0n) is 17.0. The summed E-state index contributed by atoms with van der Waals surface area (Å²) in [5.41, 5.74) is 4.43. The molecule has 5 rings (SSSR count). The van der Waals surface area contributed by atoms with Crippen LogP contribution in [-0.4, -0.2) is 35.1 Å². The first-order valence-electron chi connectivity index (χ1n) is 10.3. The van der Waals surface area contributed by atoms with Gasteiger partial charge in [0.25, 0.3) is 5.91 Å². The molecule has 2 aliphatic rings. The van der Waals surface area contributed by atoms with Crippen LogP contribution in [0.25, 0.3) is 0 Å². The molecule has 2 aromatic carbocycles. The van der Waals surface area contributed by atoms with Crippen LogP contribution in [0, 0.1) is 11.8 Å². The van der Waals surface area contributed by atoms with E-state index in [1.807, 2.05) is 48.5 Å². The average Bonchev–Trinajstić information content (AvgIpc) is 3.21. The third-order valence-corrected chi connectivity index (χ3v) is 6.47. The lowest BCUT2D eigenvalue weighted by Gasteiger charge is -2.24. The van der Waals surface area contributed by atoms with Crippen LogP contribution in [0.4, 0.5) is 5.69 Å². The molecule has 1 aromatic heterocycles. The van der Waals surface area contributed by atoms with E-state index >= 15 is 0 Å². The second-order valence-electron chi connectivity index (χ2n) is 8.31. The molecule has 30 heavy (non-hydrogen) atoms. The van der Waals surface area contributed by atoms with Gasteiger partial charge in [0, 0.05) is 24.8 Å². The Morgan fingerprint density at radius 1 is 1.13 bits per heavy atom. The van der Waals surface area contributed by atoms with Crippen molar-refractivity contribution in [1.82, 2.24) is 15.5 Å². The highest BCUT2D eigenvalue weighted by Gasteiger charge is 2.57. The molecule has 1 saturated carbocycles. The lowest BCUT2D eigenvalue weighted by Crippen LogP contribution is -2.48. The minimum absolute atomic E-state index is 0.0762. The van der Waals surface area contributed by atoms with Gasteiger partial charge in [-0.15, -0.1) is 0 Å². The van der Waals surface area contributed by atoms with Crippen molar-refractivity contribution in [3.63, 3.8) is 0 Å². The van der Waals surface area contributed by atoms with Gasteiger partial charge in [-0.25, -0.2) is 0 Å². The van der Waals surface area contributed by atoms with Crippen molar-refractivity contribution in [2.45, 2.75) is 25.3 Å². The minimum Gasteiger partial charge on any atom is -0.339 e. The molecule has 2 unspecified atom stereocenters. The Kier molecular flexibility index (Phi) is 4.42. The molecule has 6 nitrogen and oxygen atoms in total. The van der Waals surface area contributed by atoms with Gasteiger partial charge in [0.15, 0.2) is 0 Å². The summed E-state index contributed by atoms with van der Waals surface area (Å²) in [7, 11) is 1.78. The summed E-state index contributed by atoms with van der Waals surface area (Å²) in [4.78, 5) is 27.8. The molecule has 1 aliphatic carbocycles. The highest BCUT2D eigenvalue weighted by molar-refractivity contribution is 6.03. The molecular weight excluding hydrogens is 376 g/mol. The first-order valence-corrected chi connectivity index (χ1v) is 10.3. The fourth-order valence-electron chi connectivity index (χ4n) is 4.82. The van der Waals surface area contributed by atoms with Gasteiger partial charge in [-0.3, -0.25) is 14.7 Å². The normalized spacial score (nSPS) is 24.6. The molecule has 0 saturated heterocycles. The van der Waals surface area contributed by atoms with Gasteiger partial charge < -0.3 is 10.2 Å². The Morgan fingerprint density at radius 2 is 1.87 bits per heavy atom. The van der Waals surface area contributed by atoms with E-state index in [4.69, 9.17) is 0 Å². The van der Waals surface area contributed by atoms with Gasteiger partial charge in [0.05, 0.1) is 0 Å². The topological polar surface area (TPSA) is 78.1 Å². The number of aromatic nitrogens is 2. The maximum absolute atomic E-state index is 13.2. The van der Waals surface area contributed by atoms with E-state index in [0.29, 0.717) is 18.0 Å². The smallest absolute Gasteiger partial charge is 0.272 e. The average molecular weight is 400 g/mol. The number of hydrogen-bond donors (Lipinski definition) is 2. The Bertz CT molecular complexity index is 1110. The molecule has 4 atom stereocenters. The fourth-order valence-corrected chi connectivity index (χ4v) is 4.82. The molecule has 1 fully saturated rings. The Morgan fingerprint density at radius 3 is 2.67 bits per heavy atom. The standard InChI is InChI=1S/C24H24N4O2/c1-14-20-17-10-6-7-11-19(17)28(2)24(30)22(21(14)20)25-23(29)18-13-16(26-27-18)12-15-8-4-3-5-9-15/h3-11,13-14,20-22H,12H2,1-2H3,(H,25,29)(H,26,27)/t14-,20?,21?,22-/m0/s1. The number of H-pyrrole nitrogens is 1. The van der Waals surface area contributed by atoms with Gasteiger partial charge >= 0.3 is 0 Å². The summed E-state index contributed by atoms with van der Waals surface area (Å²) >= 11 is 0. The van der Waals surface area contributed by atoms with Crippen LogP contribution in [0.3, 0.4) is 0 Å². The molecule has 0 radical (unpaired) electrons. The third-order valence-electron chi connectivity index (χ3n) is 6.47. The van der Waals surface area contributed by atoms with Crippen LogP contribution in [-0.2, 0) is 11.2 Å². The number of hydrogen-bond acceptors (Lipinski definition) is 3. The highest BCUT2D eigenvalue weighted by atomic mass is 16.2. The number of aromatic amines is 1. The number of likely N-dealkylation sites (N-methyl/N-ethyl adjacent to an activating group) is 1. The molecule has 2 heterocycles. The largest absolute Gasteiger partial charge is 0.339 e. The number of benzene rings is 2. The third kappa shape index (κ3) is 3.09. The number of rotatable bonds is 4. The van der Waals surface area contributed by atoms with Crippen LogP contribution in [0.5, 0.6) is 0 Å². The van der Waals surface area contributed by atoms with Crippen molar-refractivity contribution in [2.75, 3.05) is 11.9 Å². The van der Waals surface area contributed by atoms with E-state index in [0.717, 1.165) is 16.9 Å². The van der Waals surface area contributed by atoms with E-state index in [9.17, 15) is 9.59 Å². The van der Waals surface area contributed by atoms with Crippen molar-refractivity contribution < 1.29 is 9.59 Å². The molecule has 2 amide bonds. The van der Waals surface area contributed by atoms with Crippen LogP contribution < -0.4 is 10.2 Å². The molecule has 6 heteroatoms. The summed E-state index contributed by atoms with van der Waals surface area (Å²) in [6, 6.07) is 19.2. The monoisotopic (exact) mass is 400 g/mol.